The van der Waals surface area contributed by atoms with E-state index in [9.17, 15) is 14.4 Å². The van der Waals surface area contributed by atoms with Crippen LogP contribution in [-0.4, -0.2) is 47.2 Å². The molecule has 1 aliphatic heterocycles. The number of benzene rings is 2. The van der Waals surface area contributed by atoms with Crippen LogP contribution < -0.4 is 11.1 Å². The van der Waals surface area contributed by atoms with Crippen molar-refractivity contribution >= 4 is 23.6 Å². The van der Waals surface area contributed by atoms with Crippen LogP contribution in [0.1, 0.15) is 81.4 Å². The predicted molar refractivity (Wildman–Crippen MR) is 148 cm³/mol. The summed E-state index contributed by atoms with van der Waals surface area (Å²) in [6.07, 6.45) is 1.81. The van der Waals surface area contributed by atoms with Gasteiger partial charge in [-0.1, -0.05) is 42.5 Å². The molecule has 204 valence electrons. The van der Waals surface area contributed by atoms with Crippen LogP contribution in [0.3, 0.4) is 0 Å². The minimum absolute atomic E-state index is 0.0469. The number of nitrogens with zero attached hydrogens (tertiary/aromatic N) is 1. The monoisotopic (exact) mass is 520 g/mol. The van der Waals surface area contributed by atoms with Crippen molar-refractivity contribution in [2.45, 2.75) is 65.5 Å². The zero-order valence-corrected chi connectivity index (χ0v) is 23.0. The minimum Gasteiger partial charge on any atom is -0.460 e. The van der Waals surface area contributed by atoms with Crippen LogP contribution in [0.5, 0.6) is 0 Å². The molecule has 8 nitrogen and oxygen atoms in total. The van der Waals surface area contributed by atoms with Crippen molar-refractivity contribution in [2.24, 2.45) is 17.1 Å². The van der Waals surface area contributed by atoms with E-state index in [-0.39, 0.29) is 29.5 Å². The molecule has 0 saturated carbocycles. The molecule has 0 aromatic heterocycles. The van der Waals surface area contributed by atoms with Crippen LogP contribution >= 0.6 is 0 Å². The normalized spacial score (nSPS) is 15.4. The zero-order valence-electron chi connectivity index (χ0n) is 23.0. The third-order valence-electron chi connectivity index (χ3n) is 6.92. The molecule has 1 unspecified atom stereocenters. The number of ether oxygens (including phenoxy) is 1. The van der Waals surface area contributed by atoms with Gasteiger partial charge < -0.3 is 20.7 Å². The molecule has 8 heteroatoms. The van der Waals surface area contributed by atoms with Crippen LogP contribution in [0, 0.1) is 16.7 Å². The summed E-state index contributed by atoms with van der Waals surface area (Å²) in [5, 5.41) is 10.6. The Morgan fingerprint density at radius 2 is 1.53 bits per heavy atom. The maximum atomic E-state index is 13.8. The molecule has 1 aliphatic rings. The van der Waals surface area contributed by atoms with E-state index in [0.717, 1.165) is 18.4 Å². The fourth-order valence-electron chi connectivity index (χ4n) is 4.83. The number of hydrogen-bond donors (Lipinski definition) is 3. The van der Waals surface area contributed by atoms with Gasteiger partial charge in [0.25, 0.3) is 5.91 Å². The molecule has 2 amide bonds. The molecule has 1 atom stereocenters. The van der Waals surface area contributed by atoms with Crippen LogP contribution in [0.4, 0.5) is 0 Å². The number of likely N-dealkylation sites (tertiary alicyclic amines) is 1. The standard InChI is InChI=1S/C30H40N4O4/c1-29(2,3)38-24(35)19-20-15-17-34(18-16-20)28(37)30(4,5)25(21-9-7-6-8-10-21)33-27(36)23-13-11-22(12-14-23)26(31)32/h6-14,20,25H,15-19H2,1-5H3,(H3,31,32)(H,33,36). The lowest BCUT2D eigenvalue weighted by Crippen LogP contribution is -2.51. The molecule has 1 fully saturated rings. The molecule has 0 bridgehead atoms. The van der Waals surface area contributed by atoms with Crippen molar-refractivity contribution in [2.75, 3.05) is 13.1 Å². The second-order valence-electron chi connectivity index (χ2n) is 11.6. The van der Waals surface area contributed by atoms with Gasteiger partial charge in [0, 0.05) is 30.6 Å². The highest BCUT2D eigenvalue weighted by atomic mass is 16.6. The van der Waals surface area contributed by atoms with E-state index in [2.05, 4.69) is 5.32 Å². The Bertz CT molecular complexity index is 1150. The van der Waals surface area contributed by atoms with Gasteiger partial charge in [0.2, 0.25) is 5.91 Å². The van der Waals surface area contributed by atoms with E-state index in [1.54, 1.807) is 24.3 Å². The average Bonchev–Trinajstić information content (AvgIpc) is 2.86. The quantitative estimate of drug-likeness (QED) is 0.270. The molecule has 2 aromatic carbocycles. The fourth-order valence-corrected chi connectivity index (χ4v) is 4.83. The number of piperidine rings is 1. The minimum atomic E-state index is -0.936. The molecule has 4 N–H and O–H groups in total. The molecule has 3 rings (SSSR count). The number of amides is 2. The summed E-state index contributed by atoms with van der Waals surface area (Å²) >= 11 is 0. The highest BCUT2D eigenvalue weighted by molar-refractivity contribution is 5.98. The number of carbonyl (C=O) groups excluding carboxylic acids is 3. The van der Waals surface area contributed by atoms with Crippen molar-refractivity contribution in [3.8, 4) is 0 Å². The van der Waals surface area contributed by atoms with Crippen LogP contribution in [-0.2, 0) is 14.3 Å². The molecule has 1 heterocycles. The Balaban J connectivity index is 1.73. The molecule has 38 heavy (non-hydrogen) atoms. The van der Waals surface area contributed by atoms with Gasteiger partial charge in [-0.3, -0.25) is 19.8 Å². The van der Waals surface area contributed by atoms with Crippen LogP contribution in [0.15, 0.2) is 54.6 Å². The maximum absolute atomic E-state index is 13.8. The zero-order chi connectivity index (χ0) is 28.1. The molecule has 1 saturated heterocycles. The summed E-state index contributed by atoms with van der Waals surface area (Å²) in [5.41, 5.74) is 5.87. The largest absolute Gasteiger partial charge is 0.460 e. The first-order valence-corrected chi connectivity index (χ1v) is 13.1. The number of esters is 1. The van der Waals surface area contributed by atoms with Crippen molar-refractivity contribution in [1.82, 2.24) is 10.2 Å². The van der Waals surface area contributed by atoms with Gasteiger partial charge in [0.1, 0.15) is 11.4 Å². The fraction of sp³-hybridized carbons (Fsp3) is 0.467. The summed E-state index contributed by atoms with van der Waals surface area (Å²) in [5.74, 6) is -0.452. The third kappa shape index (κ3) is 7.43. The van der Waals surface area contributed by atoms with Crippen molar-refractivity contribution < 1.29 is 19.1 Å². The number of nitrogens with two attached hydrogens (primary N) is 1. The van der Waals surface area contributed by atoms with Crippen LogP contribution in [0.2, 0.25) is 0 Å². The van der Waals surface area contributed by atoms with E-state index in [1.165, 1.54) is 0 Å². The highest BCUT2D eigenvalue weighted by Crippen LogP contribution is 2.37. The summed E-state index contributed by atoms with van der Waals surface area (Å²) in [4.78, 5) is 41.2. The van der Waals surface area contributed by atoms with Gasteiger partial charge in [-0.05, 0) is 71.1 Å². The third-order valence-corrected chi connectivity index (χ3v) is 6.92. The van der Waals surface area contributed by atoms with Gasteiger partial charge in [0.05, 0.1) is 11.5 Å². The molecular weight excluding hydrogens is 480 g/mol. The van der Waals surface area contributed by atoms with Gasteiger partial charge in [-0.25, -0.2) is 0 Å². The summed E-state index contributed by atoms with van der Waals surface area (Å²) in [6.45, 7) is 10.4. The smallest absolute Gasteiger partial charge is 0.306 e. The lowest BCUT2D eigenvalue weighted by molar-refractivity contribution is -0.156. The highest BCUT2D eigenvalue weighted by Gasteiger charge is 2.42. The lowest BCUT2D eigenvalue weighted by Gasteiger charge is -2.41. The lowest BCUT2D eigenvalue weighted by atomic mass is 9.78. The van der Waals surface area contributed by atoms with E-state index < -0.39 is 17.1 Å². The van der Waals surface area contributed by atoms with Gasteiger partial charge in [-0.2, -0.15) is 0 Å². The maximum Gasteiger partial charge on any atom is 0.306 e. The first-order valence-electron chi connectivity index (χ1n) is 13.1. The SMILES string of the molecule is CC(C)(C)OC(=O)CC1CCN(C(=O)C(C)(C)C(NC(=O)c2ccc(C(=N)N)cc2)c2ccccc2)CC1. The van der Waals surface area contributed by atoms with Gasteiger partial charge in [-0.15, -0.1) is 0 Å². The van der Waals surface area contributed by atoms with Crippen molar-refractivity contribution in [1.29, 1.82) is 5.41 Å². The Morgan fingerprint density at radius 1 is 0.974 bits per heavy atom. The molecule has 0 spiro atoms. The summed E-state index contributed by atoms with van der Waals surface area (Å²) < 4.78 is 5.46. The number of hydrogen-bond acceptors (Lipinski definition) is 5. The van der Waals surface area contributed by atoms with Crippen molar-refractivity contribution in [3.05, 3.63) is 71.3 Å². The summed E-state index contributed by atoms with van der Waals surface area (Å²) in [6, 6.07) is 15.4. The molecular formula is C30H40N4O4. The molecule has 0 aliphatic carbocycles. The van der Waals surface area contributed by atoms with Gasteiger partial charge in [0.15, 0.2) is 0 Å². The number of nitrogens with one attached hydrogen (secondary N) is 2. The first-order chi connectivity index (χ1) is 17.8. The number of carbonyl (C=O) groups is 3. The molecule has 2 aromatic rings. The summed E-state index contributed by atoms with van der Waals surface area (Å²) in [7, 11) is 0. The van der Waals surface area contributed by atoms with E-state index >= 15 is 0 Å². The second-order valence-corrected chi connectivity index (χ2v) is 11.6. The number of amidine groups is 1. The van der Waals surface area contributed by atoms with E-state index in [1.807, 2.05) is 69.9 Å². The Labute approximate surface area is 225 Å². The van der Waals surface area contributed by atoms with Crippen molar-refractivity contribution in [3.63, 3.8) is 0 Å². The predicted octanol–water partition coefficient (Wildman–Crippen LogP) is 4.44. The Hall–Kier alpha value is -3.68. The second kappa shape index (κ2) is 11.8. The number of rotatable bonds is 8. The first kappa shape index (κ1) is 28.9. The van der Waals surface area contributed by atoms with Gasteiger partial charge >= 0.3 is 5.97 Å². The van der Waals surface area contributed by atoms with Crippen LogP contribution in [0.25, 0.3) is 0 Å². The topological polar surface area (TPSA) is 126 Å². The molecule has 0 radical (unpaired) electrons. The Morgan fingerprint density at radius 3 is 2.05 bits per heavy atom. The number of nitrogen functional groups attached to an aromatic ring is 1. The van der Waals surface area contributed by atoms with E-state index in [0.29, 0.717) is 30.6 Å². The Kier molecular flexibility index (Phi) is 8.97. The average molecular weight is 521 g/mol. The van der Waals surface area contributed by atoms with E-state index in [4.69, 9.17) is 15.9 Å².